The summed E-state index contributed by atoms with van der Waals surface area (Å²) in [7, 11) is 1.47. The second-order valence-electron chi connectivity index (χ2n) is 10.2. The first-order valence-corrected chi connectivity index (χ1v) is 13.0. The molecule has 0 saturated heterocycles. The maximum Gasteiger partial charge on any atom is 0.311 e. The average molecular weight is 550 g/mol. The van der Waals surface area contributed by atoms with Crippen LogP contribution in [0.15, 0.2) is 0 Å². The lowest BCUT2D eigenvalue weighted by molar-refractivity contribution is -0.161. The number of primary amides is 1. The summed E-state index contributed by atoms with van der Waals surface area (Å²) in [5, 5.41) is 15.3. The summed E-state index contributed by atoms with van der Waals surface area (Å²) in [6.45, 7) is 8.85. The summed E-state index contributed by atoms with van der Waals surface area (Å²) < 4.78 is 10.2. The lowest BCUT2D eigenvalue weighted by Gasteiger charge is -2.43. The van der Waals surface area contributed by atoms with Gasteiger partial charge in [-0.15, -0.1) is 11.6 Å². The van der Waals surface area contributed by atoms with E-state index in [9.17, 15) is 29.1 Å². The van der Waals surface area contributed by atoms with Crippen LogP contribution in [0.2, 0.25) is 0 Å². The summed E-state index contributed by atoms with van der Waals surface area (Å²) in [5.74, 6) is -5.80. The van der Waals surface area contributed by atoms with Gasteiger partial charge in [0.05, 0.1) is 23.4 Å². The summed E-state index contributed by atoms with van der Waals surface area (Å²) >= 11 is 5.46. The van der Waals surface area contributed by atoms with E-state index in [1.54, 1.807) is 27.7 Å². The molecular weight excluding hydrogens is 506 g/mol. The van der Waals surface area contributed by atoms with E-state index in [0.717, 1.165) is 0 Å². The number of halogens is 1. The molecule has 37 heavy (non-hydrogen) atoms. The Morgan fingerprint density at radius 2 is 1.62 bits per heavy atom. The first kappa shape index (κ1) is 34.6. The minimum absolute atomic E-state index is 0.00470. The fourth-order valence-corrected chi connectivity index (χ4v) is 4.40. The maximum atomic E-state index is 13.6. The van der Waals surface area contributed by atoms with Gasteiger partial charge in [0.15, 0.2) is 0 Å². The number of nitrogens with one attached hydrogen (secondary N) is 2. The van der Waals surface area contributed by atoms with Crippen LogP contribution in [0.1, 0.15) is 60.3 Å². The van der Waals surface area contributed by atoms with Gasteiger partial charge in [0.1, 0.15) is 12.5 Å². The van der Waals surface area contributed by atoms with Gasteiger partial charge in [-0.2, -0.15) is 0 Å². The van der Waals surface area contributed by atoms with Crippen molar-refractivity contribution in [2.75, 3.05) is 39.3 Å². The monoisotopic (exact) mass is 549 g/mol. The molecule has 5 N–H and O–H groups in total. The van der Waals surface area contributed by atoms with Crippen LogP contribution in [0.25, 0.3) is 0 Å². The Morgan fingerprint density at radius 3 is 2.11 bits per heavy atom. The summed E-state index contributed by atoms with van der Waals surface area (Å²) in [6, 6.07) is 0. The van der Waals surface area contributed by atoms with Crippen molar-refractivity contribution in [3.05, 3.63) is 0 Å². The lowest BCUT2D eigenvalue weighted by atomic mass is 9.61. The Labute approximate surface area is 224 Å². The van der Waals surface area contributed by atoms with Crippen molar-refractivity contribution in [1.82, 2.24) is 10.6 Å². The van der Waals surface area contributed by atoms with Crippen LogP contribution in [0, 0.1) is 28.6 Å². The number of hydrogen-bond acceptors (Lipinski definition) is 7. The smallest absolute Gasteiger partial charge is 0.311 e. The molecule has 0 aromatic rings. The van der Waals surface area contributed by atoms with Gasteiger partial charge in [0.2, 0.25) is 17.7 Å². The minimum Gasteiger partial charge on any atom is -0.481 e. The highest BCUT2D eigenvalue weighted by molar-refractivity contribution is 6.27. The van der Waals surface area contributed by atoms with Crippen LogP contribution in [-0.2, 0) is 33.4 Å². The molecule has 0 aromatic carbocycles. The van der Waals surface area contributed by atoms with Crippen molar-refractivity contribution in [1.29, 1.82) is 0 Å². The van der Waals surface area contributed by atoms with E-state index in [1.165, 1.54) is 14.0 Å². The van der Waals surface area contributed by atoms with E-state index >= 15 is 0 Å². The van der Waals surface area contributed by atoms with Crippen molar-refractivity contribution < 1.29 is 38.6 Å². The van der Waals surface area contributed by atoms with Crippen LogP contribution in [0.3, 0.4) is 0 Å². The molecule has 12 heteroatoms. The van der Waals surface area contributed by atoms with Crippen LogP contribution < -0.4 is 16.4 Å². The molecule has 4 atom stereocenters. The molecule has 0 fully saturated rings. The van der Waals surface area contributed by atoms with Gasteiger partial charge in [-0.25, -0.2) is 0 Å². The minimum atomic E-state index is -1.36. The largest absolute Gasteiger partial charge is 0.481 e. The Hall–Kier alpha value is -2.40. The molecule has 0 heterocycles. The predicted molar refractivity (Wildman–Crippen MR) is 139 cm³/mol. The molecule has 0 aliphatic rings. The average Bonchev–Trinajstić information content (AvgIpc) is 2.84. The number of carbonyl (C=O) groups excluding carboxylic acids is 4. The van der Waals surface area contributed by atoms with E-state index < -0.39 is 52.3 Å². The highest BCUT2D eigenvalue weighted by Crippen LogP contribution is 2.46. The zero-order valence-electron chi connectivity index (χ0n) is 22.9. The highest BCUT2D eigenvalue weighted by Gasteiger charge is 2.50. The topological polar surface area (TPSA) is 174 Å². The van der Waals surface area contributed by atoms with Crippen molar-refractivity contribution in [3.63, 3.8) is 0 Å². The number of carboxylic acids is 1. The van der Waals surface area contributed by atoms with Gasteiger partial charge in [-0.05, 0) is 45.4 Å². The lowest BCUT2D eigenvalue weighted by Crippen LogP contribution is -2.51. The number of esters is 1. The molecular formula is C25H44ClN3O8. The Morgan fingerprint density at radius 1 is 1.03 bits per heavy atom. The third-order valence-corrected chi connectivity index (χ3v) is 7.02. The predicted octanol–water partition coefficient (Wildman–Crippen LogP) is 1.70. The molecule has 0 radical (unpaired) electrons. The second kappa shape index (κ2) is 16.4. The van der Waals surface area contributed by atoms with Gasteiger partial charge in [-0.3, -0.25) is 24.0 Å². The molecule has 0 rings (SSSR count). The first-order valence-electron chi connectivity index (χ1n) is 12.5. The molecule has 0 aliphatic heterocycles. The van der Waals surface area contributed by atoms with Gasteiger partial charge >= 0.3 is 11.9 Å². The first-order chi connectivity index (χ1) is 17.2. The SMILES string of the molecule is CCC(CC(C)(C(=O)NCCCNC(=O)CCl)C(CC(C)(C)C(=O)OCCOC)C(C)C(=O)O)C(N)=O. The number of alkyl halides is 1. The maximum absolute atomic E-state index is 13.6. The fraction of sp³-hybridized carbons (Fsp3) is 0.800. The Bertz CT molecular complexity index is 792. The number of carboxylic acid groups (broad SMARTS) is 1. The second-order valence-corrected chi connectivity index (χ2v) is 10.4. The summed E-state index contributed by atoms with van der Waals surface area (Å²) in [4.78, 5) is 62.0. The van der Waals surface area contributed by atoms with Gasteiger partial charge < -0.3 is 30.9 Å². The Kier molecular flexibility index (Phi) is 15.4. The van der Waals surface area contributed by atoms with Crippen molar-refractivity contribution in [2.45, 2.75) is 60.3 Å². The van der Waals surface area contributed by atoms with Crippen LogP contribution >= 0.6 is 11.6 Å². The van der Waals surface area contributed by atoms with E-state index in [4.69, 9.17) is 26.8 Å². The van der Waals surface area contributed by atoms with Crippen LogP contribution in [0.4, 0.5) is 0 Å². The van der Waals surface area contributed by atoms with Gasteiger partial charge in [0, 0.05) is 26.1 Å². The van der Waals surface area contributed by atoms with E-state index in [1.807, 2.05) is 0 Å². The molecule has 3 amide bonds. The highest BCUT2D eigenvalue weighted by atomic mass is 35.5. The molecule has 0 bridgehead atoms. The van der Waals surface area contributed by atoms with Gasteiger partial charge in [0.25, 0.3) is 0 Å². The molecule has 0 spiro atoms. The summed E-state index contributed by atoms with van der Waals surface area (Å²) in [5.41, 5.74) is 3.09. The van der Waals surface area contributed by atoms with Crippen LogP contribution in [-0.4, -0.2) is 74.1 Å². The normalized spacial score (nSPS) is 15.5. The van der Waals surface area contributed by atoms with E-state index in [0.29, 0.717) is 12.8 Å². The fourth-order valence-electron chi connectivity index (χ4n) is 4.31. The van der Waals surface area contributed by atoms with E-state index in [2.05, 4.69) is 10.6 Å². The summed E-state index contributed by atoms with van der Waals surface area (Å²) in [6.07, 6.45) is 0.787. The number of carbonyl (C=O) groups is 5. The number of aliphatic carboxylic acids is 1. The Balaban J connectivity index is 6.12. The zero-order chi connectivity index (χ0) is 28.8. The number of nitrogens with two attached hydrogens (primary N) is 1. The zero-order valence-corrected chi connectivity index (χ0v) is 23.6. The third-order valence-electron chi connectivity index (χ3n) is 6.78. The van der Waals surface area contributed by atoms with Crippen molar-refractivity contribution in [2.24, 2.45) is 34.3 Å². The molecule has 0 saturated carbocycles. The van der Waals surface area contributed by atoms with Gasteiger partial charge in [-0.1, -0.05) is 20.8 Å². The number of ether oxygens (including phenoxy) is 2. The number of methoxy groups -OCH3 is 1. The molecule has 0 aliphatic carbocycles. The van der Waals surface area contributed by atoms with E-state index in [-0.39, 0.29) is 50.9 Å². The molecule has 214 valence electrons. The van der Waals surface area contributed by atoms with Crippen molar-refractivity contribution in [3.8, 4) is 0 Å². The molecule has 11 nitrogen and oxygen atoms in total. The number of hydrogen-bond donors (Lipinski definition) is 4. The molecule has 4 unspecified atom stereocenters. The number of rotatable bonds is 19. The van der Waals surface area contributed by atoms with Crippen LogP contribution in [0.5, 0.6) is 0 Å². The van der Waals surface area contributed by atoms with Crippen molar-refractivity contribution >= 4 is 41.3 Å². The third kappa shape index (κ3) is 11.3. The standard InChI is InChI=1S/C25H44ClN3O8/c1-7-17(20(27)31)13-25(5,22(34)29-10-8-9-28-19(30)15-26)18(16(2)21(32)33)14-24(3,4)23(35)37-12-11-36-6/h16-18H,7-15H2,1-6H3,(H2,27,31)(H,28,30)(H,29,34)(H,32,33). The quantitative estimate of drug-likeness (QED) is 0.107. The molecule has 0 aromatic heterocycles. The number of amides is 3.